The summed E-state index contributed by atoms with van der Waals surface area (Å²) in [5.41, 5.74) is 0.219. The fourth-order valence-corrected chi connectivity index (χ4v) is 2.55. The Morgan fingerprint density at radius 1 is 0.969 bits per heavy atom. The molecule has 0 fully saturated rings. The fraction of sp³-hybridized carbons (Fsp3) is 0.158. The van der Waals surface area contributed by atoms with E-state index in [1.807, 2.05) is 5.32 Å². The van der Waals surface area contributed by atoms with Crippen LogP contribution in [-0.2, 0) is 19.2 Å². The minimum Gasteiger partial charge on any atom is -0.481 e. The molecular weight excluding hydrogens is 508 g/mol. The molecule has 2 aromatic rings. The molecule has 0 saturated carbocycles. The number of carbonyl (C=O) groups is 4. The third-order valence-electron chi connectivity index (χ3n) is 3.81. The maximum Gasteiger partial charge on any atom is 0.313 e. The highest BCUT2D eigenvalue weighted by Crippen LogP contribution is 2.26. The summed E-state index contributed by atoms with van der Waals surface area (Å²) in [7, 11) is 0. The summed E-state index contributed by atoms with van der Waals surface area (Å²) in [5, 5.41) is 13.0. The zero-order valence-electron chi connectivity index (χ0n) is 15.8. The maximum atomic E-state index is 13.6. The molecule has 0 heterocycles. The van der Waals surface area contributed by atoms with Crippen LogP contribution in [0.1, 0.15) is 6.42 Å². The topological polar surface area (TPSA) is 122 Å². The molecule has 0 aromatic heterocycles. The van der Waals surface area contributed by atoms with Crippen molar-refractivity contribution in [3.05, 3.63) is 58.1 Å². The highest BCUT2D eigenvalue weighted by Gasteiger charge is 2.28. The van der Waals surface area contributed by atoms with E-state index in [1.54, 1.807) is 12.1 Å². The second-order valence-electron chi connectivity index (χ2n) is 6.14. The van der Waals surface area contributed by atoms with Gasteiger partial charge in [0.2, 0.25) is 11.6 Å². The monoisotopic (exact) mass is 520 g/mol. The van der Waals surface area contributed by atoms with E-state index in [1.165, 1.54) is 12.1 Å². The number of aliphatic carboxylic acids is 1. The Kier molecular flexibility index (Phi) is 8.29. The fourth-order valence-electron chi connectivity index (χ4n) is 2.29. The molecule has 8 nitrogen and oxygen atoms in total. The van der Waals surface area contributed by atoms with Crippen molar-refractivity contribution in [1.82, 2.24) is 5.32 Å². The van der Waals surface area contributed by atoms with E-state index in [0.29, 0.717) is 4.47 Å². The number of amides is 2. The number of Topliss-reactive ketones (excluding diaryl/α,β-unsaturated/α-hetero) is 1. The average molecular weight is 521 g/mol. The molecule has 0 bridgehead atoms. The number of benzene rings is 2. The normalized spacial score (nSPS) is 11.4. The van der Waals surface area contributed by atoms with Gasteiger partial charge >= 0.3 is 17.8 Å². The smallest absolute Gasteiger partial charge is 0.313 e. The van der Waals surface area contributed by atoms with Gasteiger partial charge in [-0.2, -0.15) is 8.78 Å². The van der Waals surface area contributed by atoms with Crippen molar-refractivity contribution >= 4 is 45.2 Å². The first-order valence-electron chi connectivity index (χ1n) is 8.57. The zero-order valence-corrected chi connectivity index (χ0v) is 17.3. The van der Waals surface area contributed by atoms with E-state index in [0.717, 1.165) is 0 Å². The molecule has 3 N–H and O–H groups in total. The van der Waals surface area contributed by atoms with Crippen LogP contribution in [0.15, 0.2) is 34.8 Å². The number of ether oxygens (including phenoxy) is 1. The molecule has 0 spiro atoms. The SMILES string of the molecule is O=C(O)C[C@H](NC(=O)C(=O)Nc1ccc(Br)cc1)C(=O)COc1c(F)c(F)cc(F)c1F. The summed E-state index contributed by atoms with van der Waals surface area (Å²) in [6.07, 6.45) is -1.01. The number of carboxylic acids is 1. The van der Waals surface area contributed by atoms with Crippen molar-refractivity contribution in [3.8, 4) is 5.75 Å². The lowest BCUT2D eigenvalue weighted by molar-refractivity contribution is -0.142. The first kappa shape index (κ1) is 24.8. The quantitative estimate of drug-likeness (QED) is 0.279. The van der Waals surface area contributed by atoms with Crippen molar-refractivity contribution in [2.75, 3.05) is 11.9 Å². The molecule has 0 aliphatic heterocycles. The average Bonchev–Trinajstić information content (AvgIpc) is 2.72. The minimum atomic E-state index is -1.91. The van der Waals surface area contributed by atoms with Crippen LogP contribution in [0.5, 0.6) is 5.75 Å². The van der Waals surface area contributed by atoms with Crippen LogP contribution < -0.4 is 15.4 Å². The number of ketones is 1. The molecule has 170 valence electrons. The number of halogens is 5. The summed E-state index contributed by atoms with van der Waals surface area (Å²) in [5.74, 6) is -14.4. The van der Waals surface area contributed by atoms with Gasteiger partial charge in [0.1, 0.15) is 12.6 Å². The Labute approximate surface area is 185 Å². The van der Waals surface area contributed by atoms with E-state index in [2.05, 4.69) is 26.0 Å². The summed E-state index contributed by atoms with van der Waals surface area (Å²) in [4.78, 5) is 47.2. The zero-order chi connectivity index (χ0) is 24.0. The predicted octanol–water partition coefficient (Wildman–Crippen LogP) is 2.55. The molecule has 2 rings (SSSR count). The third-order valence-corrected chi connectivity index (χ3v) is 4.34. The van der Waals surface area contributed by atoms with Gasteiger partial charge in [0.05, 0.1) is 6.42 Å². The first-order chi connectivity index (χ1) is 15.0. The number of hydrogen-bond donors (Lipinski definition) is 3. The van der Waals surface area contributed by atoms with Gasteiger partial charge in [-0.15, -0.1) is 0 Å². The molecule has 13 heteroatoms. The van der Waals surface area contributed by atoms with Crippen LogP contribution in [-0.4, -0.2) is 41.3 Å². The third kappa shape index (κ3) is 6.51. The van der Waals surface area contributed by atoms with Gasteiger partial charge < -0.3 is 20.5 Å². The van der Waals surface area contributed by atoms with E-state index >= 15 is 0 Å². The Bertz CT molecular complexity index is 1040. The standard InChI is InChI=1S/C19H13BrF4N2O6/c20-8-1-3-9(4-2-8)25-18(30)19(31)26-12(6-14(28)29)13(27)7-32-17-15(23)10(21)5-11(22)16(17)24/h1-5,12H,6-7H2,(H,25,30)(H,26,31)(H,28,29)/t12-/m0/s1. The Morgan fingerprint density at radius 2 is 1.53 bits per heavy atom. The molecular formula is C19H13BrF4N2O6. The molecule has 0 aliphatic rings. The van der Waals surface area contributed by atoms with Crippen LogP contribution >= 0.6 is 15.9 Å². The van der Waals surface area contributed by atoms with E-state index in [9.17, 15) is 36.7 Å². The van der Waals surface area contributed by atoms with Crippen molar-refractivity contribution in [2.24, 2.45) is 0 Å². The van der Waals surface area contributed by atoms with Gasteiger partial charge in [-0.1, -0.05) is 15.9 Å². The number of nitrogens with one attached hydrogen (secondary N) is 2. The molecule has 0 radical (unpaired) electrons. The van der Waals surface area contributed by atoms with Crippen LogP contribution in [0.3, 0.4) is 0 Å². The molecule has 0 saturated heterocycles. The minimum absolute atomic E-state index is 0.0726. The Hall–Kier alpha value is -3.48. The van der Waals surface area contributed by atoms with Gasteiger partial charge in [0.25, 0.3) is 0 Å². The predicted molar refractivity (Wildman–Crippen MR) is 104 cm³/mol. The summed E-state index contributed by atoms with van der Waals surface area (Å²) >= 11 is 3.17. The van der Waals surface area contributed by atoms with Crippen molar-refractivity contribution in [3.63, 3.8) is 0 Å². The van der Waals surface area contributed by atoms with Gasteiger partial charge in [-0.3, -0.25) is 19.2 Å². The van der Waals surface area contributed by atoms with Gasteiger partial charge in [0, 0.05) is 16.2 Å². The van der Waals surface area contributed by atoms with Gasteiger partial charge in [-0.05, 0) is 24.3 Å². The summed E-state index contributed by atoms with van der Waals surface area (Å²) in [6.45, 7) is -1.26. The number of rotatable bonds is 8. The second-order valence-corrected chi connectivity index (χ2v) is 7.05. The first-order valence-corrected chi connectivity index (χ1v) is 9.36. The Balaban J connectivity index is 2.08. The highest BCUT2D eigenvalue weighted by molar-refractivity contribution is 9.10. The highest BCUT2D eigenvalue weighted by atomic mass is 79.9. The number of carbonyl (C=O) groups excluding carboxylic acids is 3. The summed E-state index contributed by atoms with van der Waals surface area (Å²) < 4.78 is 58.8. The number of carboxylic acid groups (broad SMARTS) is 1. The van der Waals surface area contributed by atoms with E-state index in [-0.39, 0.29) is 11.8 Å². The van der Waals surface area contributed by atoms with Gasteiger partial charge in [-0.25, -0.2) is 8.78 Å². The van der Waals surface area contributed by atoms with E-state index in [4.69, 9.17) is 5.11 Å². The molecule has 0 aliphatic carbocycles. The lowest BCUT2D eigenvalue weighted by Crippen LogP contribution is -2.48. The number of anilines is 1. The number of hydrogen-bond acceptors (Lipinski definition) is 5. The molecule has 32 heavy (non-hydrogen) atoms. The lowest BCUT2D eigenvalue weighted by atomic mass is 10.1. The van der Waals surface area contributed by atoms with Crippen molar-refractivity contribution in [1.29, 1.82) is 0 Å². The second kappa shape index (κ2) is 10.7. The van der Waals surface area contributed by atoms with Gasteiger partial charge in [0.15, 0.2) is 23.2 Å². The van der Waals surface area contributed by atoms with E-state index < -0.39 is 71.7 Å². The van der Waals surface area contributed by atoms with Crippen LogP contribution in [0.25, 0.3) is 0 Å². The van der Waals surface area contributed by atoms with Crippen molar-refractivity contribution in [2.45, 2.75) is 12.5 Å². The van der Waals surface area contributed by atoms with Crippen LogP contribution in [0.2, 0.25) is 0 Å². The lowest BCUT2D eigenvalue weighted by Gasteiger charge is -2.16. The molecule has 0 unspecified atom stereocenters. The maximum absolute atomic E-state index is 13.6. The molecule has 2 aromatic carbocycles. The van der Waals surface area contributed by atoms with Crippen LogP contribution in [0.4, 0.5) is 23.2 Å². The summed E-state index contributed by atoms with van der Waals surface area (Å²) in [6, 6.07) is 4.11. The molecule has 1 atom stereocenters. The largest absolute Gasteiger partial charge is 0.481 e. The van der Waals surface area contributed by atoms with Crippen LogP contribution in [0, 0.1) is 23.3 Å². The Morgan fingerprint density at radius 3 is 2.06 bits per heavy atom. The van der Waals surface area contributed by atoms with Crippen molar-refractivity contribution < 1.29 is 46.6 Å². The molecule has 2 amide bonds.